The number of hydrogen-bond acceptors (Lipinski definition) is 2. The molecule has 1 aliphatic carbocycles. The summed E-state index contributed by atoms with van der Waals surface area (Å²) in [5.41, 5.74) is 4.81. The number of halogens is 1. The largest absolute Gasteiger partial charge is 0.497 e. The maximum Gasteiger partial charge on any atom is 0.123 e. The van der Waals surface area contributed by atoms with E-state index in [2.05, 4.69) is 12.1 Å². The van der Waals surface area contributed by atoms with Crippen LogP contribution in [0.5, 0.6) is 5.75 Å². The van der Waals surface area contributed by atoms with Gasteiger partial charge in [0.15, 0.2) is 0 Å². The summed E-state index contributed by atoms with van der Waals surface area (Å²) in [7, 11) is 1.67. The Morgan fingerprint density at radius 1 is 1.13 bits per heavy atom. The number of methoxy groups -OCH3 is 1. The van der Waals surface area contributed by atoms with Gasteiger partial charge in [-0.05, 0) is 79.1 Å². The second-order valence-corrected chi connectivity index (χ2v) is 6.39. The van der Waals surface area contributed by atoms with Crippen molar-refractivity contribution in [3.8, 4) is 5.75 Å². The number of rotatable bonds is 4. The van der Waals surface area contributed by atoms with Crippen LogP contribution in [-0.2, 0) is 12.8 Å². The molecule has 0 radical (unpaired) electrons. The van der Waals surface area contributed by atoms with Crippen molar-refractivity contribution >= 4 is 0 Å². The van der Waals surface area contributed by atoms with Gasteiger partial charge in [-0.3, -0.25) is 0 Å². The van der Waals surface area contributed by atoms with E-state index < -0.39 is 0 Å². The Bertz CT molecular complexity index is 694. The van der Waals surface area contributed by atoms with Crippen molar-refractivity contribution in [1.82, 2.24) is 0 Å². The van der Waals surface area contributed by atoms with E-state index in [1.165, 1.54) is 16.7 Å². The van der Waals surface area contributed by atoms with Crippen LogP contribution in [0.1, 0.15) is 47.9 Å². The summed E-state index contributed by atoms with van der Waals surface area (Å²) in [6.07, 6.45) is 2.97. The molecule has 2 aromatic rings. The molecule has 122 valence electrons. The highest BCUT2D eigenvalue weighted by Crippen LogP contribution is 2.39. The van der Waals surface area contributed by atoms with Crippen molar-refractivity contribution in [1.29, 1.82) is 0 Å². The number of fused-ring (bicyclic) bond motifs is 2. The molecule has 0 saturated carbocycles. The third kappa shape index (κ3) is 3.40. The van der Waals surface area contributed by atoms with Gasteiger partial charge < -0.3 is 9.84 Å². The van der Waals surface area contributed by atoms with E-state index in [9.17, 15) is 9.50 Å². The zero-order valence-electron chi connectivity index (χ0n) is 13.7. The van der Waals surface area contributed by atoms with Gasteiger partial charge >= 0.3 is 0 Å². The predicted octanol–water partition coefficient (Wildman–Crippen LogP) is 4.23. The van der Waals surface area contributed by atoms with Gasteiger partial charge in [-0.15, -0.1) is 0 Å². The van der Waals surface area contributed by atoms with Gasteiger partial charge in [0.25, 0.3) is 0 Å². The third-order valence-corrected chi connectivity index (χ3v) is 4.74. The lowest BCUT2D eigenvalue weighted by molar-refractivity contribution is 0.180. The molecule has 2 aromatic carbocycles. The lowest BCUT2D eigenvalue weighted by atomic mass is 9.84. The molecular formula is C20H23FO2. The molecule has 3 heteroatoms. The van der Waals surface area contributed by atoms with Gasteiger partial charge in [-0.2, -0.15) is 0 Å². The average Bonchev–Trinajstić information content (AvgIpc) is 2.68. The first-order valence-corrected chi connectivity index (χ1v) is 8.21. The molecule has 0 aliphatic heterocycles. The Morgan fingerprint density at radius 2 is 1.78 bits per heavy atom. The normalized spacial score (nSPS) is 17.8. The van der Waals surface area contributed by atoms with E-state index in [4.69, 9.17) is 4.74 Å². The topological polar surface area (TPSA) is 29.5 Å². The van der Waals surface area contributed by atoms with Crippen molar-refractivity contribution < 1.29 is 14.2 Å². The standard InChI is InChI=1S/C20H23FO2/c1-13(22)3-8-20-18-9-6-16(21)11-14(18)4-5-15-12-17(23-2)7-10-19(15)20/h6-7,9-13,20,22H,3-5,8H2,1-2H3. The first kappa shape index (κ1) is 16.0. The van der Waals surface area contributed by atoms with Gasteiger partial charge in [0.05, 0.1) is 13.2 Å². The van der Waals surface area contributed by atoms with Crippen LogP contribution >= 0.6 is 0 Å². The second-order valence-electron chi connectivity index (χ2n) is 6.39. The maximum atomic E-state index is 13.7. The van der Waals surface area contributed by atoms with Crippen LogP contribution in [0.3, 0.4) is 0 Å². The minimum Gasteiger partial charge on any atom is -0.497 e. The van der Waals surface area contributed by atoms with Crippen molar-refractivity contribution in [2.75, 3.05) is 7.11 Å². The molecule has 2 atom stereocenters. The Morgan fingerprint density at radius 3 is 2.43 bits per heavy atom. The van der Waals surface area contributed by atoms with E-state index >= 15 is 0 Å². The van der Waals surface area contributed by atoms with Crippen LogP contribution in [0.2, 0.25) is 0 Å². The number of hydrogen-bond donors (Lipinski definition) is 1. The lowest BCUT2D eigenvalue weighted by Gasteiger charge is -2.21. The summed E-state index contributed by atoms with van der Waals surface area (Å²) in [6, 6.07) is 11.3. The molecule has 0 aromatic heterocycles. The fraction of sp³-hybridized carbons (Fsp3) is 0.400. The molecule has 0 fully saturated rings. The summed E-state index contributed by atoms with van der Waals surface area (Å²) >= 11 is 0. The molecule has 3 rings (SSSR count). The molecule has 0 amide bonds. The highest BCUT2D eigenvalue weighted by atomic mass is 19.1. The molecule has 0 bridgehead atoms. The van der Waals surface area contributed by atoms with Crippen molar-refractivity contribution in [2.45, 2.75) is 44.6 Å². The summed E-state index contributed by atoms with van der Waals surface area (Å²) in [6.45, 7) is 1.82. The first-order valence-electron chi connectivity index (χ1n) is 8.21. The van der Waals surface area contributed by atoms with E-state index in [1.807, 2.05) is 19.1 Å². The molecule has 0 heterocycles. The van der Waals surface area contributed by atoms with Crippen LogP contribution in [0, 0.1) is 5.82 Å². The van der Waals surface area contributed by atoms with Gasteiger partial charge in [-0.25, -0.2) is 4.39 Å². The summed E-state index contributed by atoms with van der Waals surface area (Å²) in [5, 5.41) is 9.70. The third-order valence-electron chi connectivity index (χ3n) is 4.74. The van der Waals surface area contributed by atoms with E-state index in [0.29, 0.717) is 0 Å². The molecule has 2 unspecified atom stereocenters. The second kappa shape index (κ2) is 6.71. The van der Waals surface area contributed by atoms with Crippen molar-refractivity contribution in [3.05, 3.63) is 64.5 Å². The monoisotopic (exact) mass is 314 g/mol. The van der Waals surface area contributed by atoms with Gasteiger partial charge in [0, 0.05) is 5.92 Å². The number of benzene rings is 2. The summed E-state index contributed by atoms with van der Waals surface area (Å²) in [5.74, 6) is 0.875. The van der Waals surface area contributed by atoms with Crippen molar-refractivity contribution in [2.24, 2.45) is 0 Å². The zero-order valence-corrected chi connectivity index (χ0v) is 13.7. The highest BCUT2D eigenvalue weighted by Gasteiger charge is 2.24. The number of ether oxygens (including phenoxy) is 1. The van der Waals surface area contributed by atoms with Crippen LogP contribution in [0.15, 0.2) is 36.4 Å². The molecule has 1 N–H and O–H groups in total. The average molecular weight is 314 g/mol. The first-order chi connectivity index (χ1) is 11.1. The highest BCUT2D eigenvalue weighted by molar-refractivity contribution is 5.47. The minimum absolute atomic E-state index is 0.179. The maximum absolute atomic E-state index is 13.7. The Kier molecular flexibility index (Phi) is 4.67. The van der Waals surface area contributed by atoms with Crippen LogP contribution < -0.4 is 4.74 Å². The number of aryl methyl sites for hydroxylation is 2. The summed E-state index contributed by atoms with van der Waals surface area (Å²) in [4.78, 5) is 0. The van der Waals surface area contributed by atoms with Gasteiger partial charge in [-0.1, -0.05) is 12.1 Å². The van der Waals surface area contributed by atoms with Gasteiger partial charge in [0.1, 0.15) is 11.6 Å². The Balaban J connectivity index is 2.06. The van der Waals surface area contributed by atoms with E-state index in [-0.39, 0.29) is 17.8 Å². The van der Waals surface area contributed by atoms with Gasteiger partial charge in [0.2, 0.25) is 0 Å². The number of aliphatic hydroxyl groups is 1. The van der Waals surface area contributed by atoms with Crippen LogP contribution in [0.4, 0.5) is 4.39 Å². The molecular weight excluding hydrogens is 291 g/mol. The fourth-order valence-electron chi connectivity index (χ4n) is 3.55. The zero-order chi connectivity index (χ0) is 16.4. The summed E-state index contributed by atoms with van der Waals surface area (Å²) < 4.78 is 19.0. The molecule has 2 nitrogen and oxygen atoms in total. The molecule has 0 spiro atoms. The van der Waals surface area contributed by atoms with E-state index in [0.717, 1.165) is 37.0 Å². The number of aliphatic hydroxyl groups excluding tert-OH is 1. The van der Waals surface area contributed by atoms with Crippen molar-refractivity contribution in [3.63, 3.8) is 0 Å². The van der Waals surface area contributed by atoms with E-state index in [1.54, 1.807) is 19.2 Å². The lowest BCUT2D eigenvalue weighted by Crippen LogP contribution is -2.08. The quantitative estimate of drug-likeness (QED) is 0.915. The fourth-order valence-corrected chi connectivity index (χ4v) is 3.55. The van der Waals surface area contributed by atoms with Crippen LogP contribution in [-0.4, -0.2) is 18.3 Å². The smallest absolute Gasteiger partial charge is 0.123 e. The van der Waals surface area contributed by atoms with Crippen LogP contribution in [0.25, 0.3) is 0 Å². The Labute approximate surface area is 136 Å². The Hall–Kier alpha value is -1.87. The SMILES string of the molecule is COc1ccc2c(c1)CCc1cc(F)ccc1C2CCC(C)O. The predicted molar refractivity (Wildman–Crippen MR) is 89.6 cm³/mol. The molecule has 23 heavy (non-hydrogen) atoms. The minimum atomic E-state index is -0.330. The molecule has 0 saturated heterocycles. The molecule has 1 aliphatic rings.